The molecule has 0 aliphatic rings. The molecule has 1 amide bonds. The van der Waals surface area contributed by atoms with Crippen molar-refractivity contribution < 1.29 is 32.3 Å². The fourth-order valence-electron chi connectivity index (χ4n) is 4.07. The SMILES string of the molecule is CCCCCCCCCC(C(=O)CCC(NC(=O)OC(C)(C)C)C(=O)OC(C)(C)C)S(=O)(=O)c1ccccc1. The highest BCUT2D eigenvalue weighted by Crippen LogP contribution is 2.24. The van der Waals surface area contributed by atoms with E-state index < -0.39 is 50.2 Å². The number of ketones is 1. The summed E-state index contributed by atoms with van der Waals surface area (Å²) in [4.78, 5) is 38.8. The van der Waals surface area contributed by atoms with E-state index in [4.69, 9.17) is 9.47 Å². The predicted molar refractivity (Wildman–Crippen MR) is 153 cm³/mol. The highest BCUT2D eigenvalue weighted by atomic mass is 32.2. The Morgan fingerprint density at radius 1 is 0.795 bits per heavy atom. The first kappa shape index (κ1) is 34.6. The zero-order chi connectivity index (χ0) is 29.7. The van der Waals surface area contributed by atoms with Crippen molar-refractivity contribution in [2.45, 2.75) is 140 Å². The second-order valence-electron chi connectivity index (χ2n) is 12.0. The number of carbonyl (C=O) groups excluding carboxylic acids is 3. The number of Topliss-reactive ketones (excluding diaryl/α,β-unsaturated/α-hetero) is 1. The molecule has 1 aromatic rings. The maximum Gasteiger partial charge on any atom is 0.408 e. The molecule has 0 fully saturated rings. The number of hydrogen-bond acceptors (Lipinski definition) is 7. The van der Waals surface area contributed by atoms with Gasteiger partial charge in [0, 0.05) is 6.42 Å². The topological polar surface area (TPSA) is 116 Å². The van der Waals surface area contributed by atoms with Crippen LogP contribution in [0.15, 0.2) is 35.2 Å². The number of unbranched alkanes of at least 4 members (excludes halogenated alkanes) is 6. The number of rotatable bonds is 16. The highest BCUT2D eigenvalue weighted by molar-refractivity contribution is 7.92. The summed E-state index contributed by atoms with van der Waals surface area (Å²) >= 11 is 0. The first-order valence-corrected chi connectivity index (χ1v) is 15.7. The summed E-state index contributed by atoms with van der Waals surface area (Å²) in [5, 5.41) is 1.27. The van der Waals surface area contributed by atoms with Gasteiger partial charge in [-0.1, -0.05) is 70.1 Å². The molecule has 0 bridgehead atoms. The Kier molecular flexibility index (Phi) is 14.2. The third kappa shape index (κ3) is 14.0. The number of nitrogens with one attached hydrogen (secondary N) is 1. The summed E-state index contributed by atoms with van der Waals surface area (Å²) in [6, 6.07) is 6.81. The van der Waals surface area contributed by atoms with Crippen LogP contribution in [0.3, 0.4) is 0 Å². The Bertz CT molecular complexity index is 1010. The standard InChI is InChI=1S/C30H49NO7S/c1-8-9-10-11-12-13-17-20-26(39(35,36)23-18-15-14-16-19-23)25(32)22-21-24(27(33)37-29(2,3)4)31-28(34)38-30(5,6)7/h14-16,18-19,24,26H,8-13,17,20-22H2,1-7H3,(H,31,34). The van der Waals surface area contributed by atoms with Gasteiger partial charge in [0.25, 0.3) is 0 Å². The molecule has 9 heteroatoms. The Morgan fingerprint density at radius 3 is 1.87 bits per heavy atom. The molecular formula is C30H49NO7S. The molecule has 8 nitrogen and oxygen atoms in total. The molecule has 0 spiro atoms. The van der Waals surface area contributed by atoms with Crippen molar-refractivity contribution in [3.63, 3.8) is 0 Å². The van der Waals surface area contributed by atoms with E-state index in [0.29, 0.717) is 6.42 Å². The van der Waals surface area contributed by atoms with Crippen molar-refractivity contribution in [1.82, 2.24) is 5.32 Å². The molecule has 0 aliphatic carbocycles. The molecule has 222 valence electrons. The third-order valence-electron chi connectivity index (χ3n) is 5.94. The summed E-state index contributed by atoms with van der Waals surface area (Å²) < 4.78 is 37.7. The number of hydrogen-bond donors (Lipinski definition) is 1. The van der Waals surface area contributed by atoms with Gasteiger partial charge in [0.2, 0.25) is 0 Å². The summed E-state index contributed by atoms with van der Waals surface area (Å²) in [6.07, 6.45) is 6.09. The summed E-state index contributed by atoms with van der Waals surface area (Å²) in [5.41, 5.74) is -1.60. The van der Waals surface area contributed by atoms with Crippen LogP contribution < -0.4 is 5.32 Å². The van der Waals surface area contributed by atoms with Gasteiger partial charge >= 0.3 is 12.1 Å². The molecular weight excluding hydrogens is 518 g/mol. The van der Waals surface area contributed by atoms with Gasteiger partial charge in [-0.05, 0) is 66.5 Å². The number of alkyl carbamates (subject to hydrolysis) is 1. The molecule has 2 unspecified atom stereocenters. The number of benzene rings is 1. The van der Waals surface area contributed by atoms with Crippen LogP contribution >= 0.6 is 0 Å². The number of ether oxygens (including phenoxy) is 2. The molecule has 2 atom stereocenters. The number of esters is 1. The van der Waals surface area contributed by atoms with Crippen LogP contribution in [0.2, 0.25) is 0 Å². The Balaban J connectivity index is 3.04. The van der Waals surface area contributed by atoms with E-state index >= 15 is 0 Å². The zero-order valence-corrected chi connectivity index (χ0v) is 25.7. The van der Waals surface area contributed by atoms with E-state index in [1.807, 2.05) is 0 Å². The smallest absolute Gasteiger partial charge is 0.408 e. The van der Waals surface area contributed by atoms with Gasteiger partial charge in [-0.2, -0.15) is 0 Å². The van der Waals surface area contributed by atoms with Gasteiger partial charge < -0.3 is 14.8 Å². The van der Waals surface area contributed by atoms with Crippen LogP contribution in [0, 0.1) is 0 Å². The molecule has 0 aliphatic heterocycles. The minimum atomic E-state index is -3.92. The van der Waals surface area contributed by atoms with Crippen LogP contribution in [-0.2, 0) is 28.9 Å². The average Bonchev–Trinajstić information content (AvgIpc) is 2.81. The summed E-state index contributed by atoms with van der Waals surface area (Å²) in [5.74, 6) is -1.19. The lowest BCUT2D eigenvalue weighted by Gasteiger charge is -2.26. The first-order valence-electron chi connectivity index (χ1n) is 14.1. The lowest BCUT2D eigenvalue weighted by atomic mass is 10.0. The Labute approximate surface area is 235 Å². The van der Waals surface area contributed by atoms with Gasteiger partial charge in [0.1, 0.15) is 22.5 Å². The van der Waals surface area contributed by atoms with Crippen molar-refractivity contribution in [2.75, 3.05) is 0 Å². The van der Waals surface area contributed by atoms with E-state index in [1.165, 1.54) is 18.6 Å². The van der Waals surface area contributed by atoms with Gasteiger partial charge in [0.05, 0.1) is 4.90 Å². The first-order chi connectivity index (χ1) is 18.1. The lowest BCUT2D eigenvalue weighted by molar-refractivity contribution is -0.157. The van der Waals surface area contributed by atoms with E-state index in [0.717, 1.165) is 32.1 Å². The van der Waals surface area contributed by atoms with Crippen molar-refractivity contribution in [3.05, 3.63) is 30.3 Å². The largest absolute Gasteiger partial charge is 0.458 e. The van der Waals surface area contributed by atoms with E-state index in [-0.39, 0.29) is 24.2 Å². The van der Waals surface area contributed by atoms with Crippen LogP contribution in [0.1, 0.15) is 113 Å². The monoisotopic (exact) mass is 567 g/mol. The predicted octanol–water partition coefficient (Wildman–Crippen LogP) is 6.55. The van der Waals surface area contributed by atoms with Crippen LogP contribution in [0.5, 0.6) is 0 Å². The molecule has 0 radical (unpaired) electrons. The molecule has 0 saturated carbocycles. The molecule has 0 saturated heterocycles. The summed E-state index contributed by atoms with van der Waals surface area (Å²) in [6.45, 7) is 12.3. The van der Waals surface area contributed by atoms with Crippen molar-refractivity contribution >= 4 is 27.7 Å². The van der Waals surface area contributed by atoms with Gasteiger partial charge in [-0.3, -0.25) is 4.79 Å². The Hall–Kier alpha value is -2.42. The van der Waals surface area contributed by atoms with Crippen molar-refractivity contribution in [2.24, 2.45) is 0 Å². The van der Waals surface area contributed by atoms with E-state index in [1.54, 1.807) is 59.7 Å². The van der Waals surface area contributed by atoms with E-state index in [2.05, 4.69) is 12.2 Å². The average molecular weight is 568 g/mol. The quantitative estimate of drug-likeness (QED) is 0.178. The van der Waals surface area contributed by atoms with Crippen molar-refractivity contribution in [1.29, 1.82) is 0 Å². The highest BCUT2D eigenvalue weighted by Gasteiger charge is 2.35. The second-order valence-corrected chi connectivity index (χ2v) is 14.1. The number of carbonyl (C=O) groups is 3. The van der Waals surface area contributed by atoms with Crippen LogP contribution in [0.25, 0.3) is 0 Å². The Morgan fingerprint density at radius 2 is 1.33 bits per heavy atom. The molecule has 39 heavy (non-hydrogen) atoms. The minimum absolute atomic E-state index is 0.0990. The zero-order valence-electron chi connectivity index (χ0n) is 24.9. The fraction of sp³-hybridized carbons (Fsp3) is 0.700. The number of amides is 1. The van der Waals surface area contributed by atoms with Crippen molar-refractivity contribution in [3.8, 4) is 0 Å². The lowest BCUT2D eigenvalue weighted by Crippen LogP contribution is -2.46. The normalized spacial score (nSPS) is 13.8. The van der Waals surface area contributed by atoms with Gasteiger partial charge in [-0.25, -0.2) is 18.0 Å². The fourth-order valence-corrected chi connectivity index (χ4v) is 5.88. The molecule has 1 N–H and O–H groups in total. The maximum absolute atomic E-state index is 13.5. The van der Waals surface area contributed by atoms with Crippen LogP contribution in [-0.4, -0.2) is 48.8 Å². The van der Waals surface area contributed by atoms with Crippen LogP contribution in [0.4, 0.5) is 4.79 Å². The minimum Gasteiger partial charge on any atom is -0.458 e. The van der Waals surface area contributed by atoms with Gasteiger partial charge in [-0.15, -0.1) is 0 Å². The molecule has 1 rings (SSSR count). The molecule has 0 heterocycles. The molecule has 1 aromatic carbocycles. The third-order valence-corrected chi connectivity index (χ3v) is 8.11. The maximum atomic E-state index is 13.5. The second kappa shape index (κ2) is 16.0. The van der Waals surface area contributed by atoms with Gasteiger partial charge in [0.15, 0.2) is 15.6 Å². The number of sulfone groups is 1. The van der Waals surface area contributed by atoms with E-state index in [9.17, 15) is 22.8 Å². The summed E-state index contributed by atoms with van der Waals surface area (Å²) in [7, 11) is -3.92. The molecule has 0 aromatic heterocycles.